The molecule has 2 aromatic rings. The minimum Gasteiger partial charge on any atom is -0.330 e. The van der Waals surface area contributed by atoms with Crippen LogP contribution in [0.4, 0.5) is 8.78 Å². The molecule has 94 valence electrons. The van der Waals surface area contributed by atoms with Crippen LogP contribution in [0.25, 0.3) is 11.3 Å². The summed E-state index contributed by atoms with van der Waals surface area (Å²) in [5.74, 6) is 0.409. The van der Waals surface area contributed by atoms with Crippen molar-refractivity contribution in [2.75, 3.05) is 0 Å². The summed E-state index contributed by atoms with van der Waals surface area (Å²) < 4.78 is 28.0. The minimum absolute atomic E-state index is 0.289. The Hall–Kier alpha value is -1.75. The van der Waals surface area contributed by atoms with Crippen molar-refractivity contribution in [1.29, 1.82) is 0 Å². The number of alkyl halides is 1. The molecular weight excluding hydrogens is 236 g/mol. The van der Waals surface area contributed by atoms with Gasteiger partial charge in [-0.15, -0.1) is 0 Å². The SMILES string of the molecule is NC1CC(F)Cn2cc(-c3ccc(F)cc3)nc21. The van der Waals surface area contributed by atoms with E-state index in [1.807, 2.05) is 0 Å². The van der Waals surface area contributed by atoms with Crippen LogP contribution in [0.3, 0.4) is 0 Å². The molecule has 2 N–H and O–H groups in total. The Kier molecular flexibility index (Phi) is 2.63. The fourth-order valence-corrected chi connectivity index (χ4v) is 2.30. The van der Waals surface area contributed by atoms with Crippen molar-refractivity contribution in [2.45, 2.75) is 25.2 Å². The van der Waals surface area contributed by atoms with Crippen LogP contribution in [-0.4, -0.2) is 15.7 Å². The Morgan fingerprint density at radius 1 is 1.28 bits per heavy atom. The molecule has 0 amide bonds. The van der Waals surface area contributed by atoms with E-state index in [9.17, 15) is 8.78 Å². The van der Waals surface area contributed by atoms with Crippen LogP contribution in [0.2, 0.25) is 0 Å². The lowest BCUT2D eigenvalue weighted by Crippen LogP contribution is -2.29. The van der Waals surface area contributed by atoms with Gasteiger partial charge in [-0.05, 0) is 24.3 Å². The zero-order valence-corrected chi connectivity index (χ0v) is 9.68. The second-order valence-corrected chi connectivity index (χ2v) is 4.58. The van der Waals surface area contributed by atoms with Crippen molar-refractivity contribution in [2.24, 2.45) is 5.73 Å². The number of aromatic nitrogens is 2. The van der Waals surface area contributed by atoms with Gasteiger partial charge >= 0.3 is 0 Å². The second-order valence-electron chi connectivity index (χ2n) is 4.58. The molecule has 1 aromatic carbocycles. The zero-order chi connectivity index (χ0) is 12.7. The van der Waals surface area contributed by atoms with Gasteiger partial charge in [0.1, 0.15) is 17.8 Å². The summed E-state index contributed by atoms with van der Waals surface area (Å²) in [4.78, 5) is 4.41. The fourth-order valence-electron chi connectivity index (χ4n) is 2.30. The molecule has 1 aliphatic heterocycles. The number of benzene rings is 1. The van der Waals surface area contributed by atoms with Crippen molar-refractivity contribution >= 4 is 0 Å². The molecule has 3 rings (SSSR count). The van der Waals surface area contributed by atoms with Crippen molar-refractivity contribution in [3.8, 4) is 11.3 Å². The number of hydrogen-bond donors (Lipinski definition) is 1. The molecule has 2 atom stereocenters. The van der Waals surface area contributed by atoms with Crippen molar-refractivity contribution < 1.29 is 8.78 Å². The highest BCUT2D eigenvalue weighted by molar-refractivity contribution is 5.58. The van der Waals surface area contributed by atoms with E-state index in [0.29, 0.717) is 17.9 Å². The predicted molar refractivity (Wildman–Crippen MR) is 64.1 cm³/mol. The monoisotopic (exact) mass is 249 g/mol. The van der Waals surface area contributed by atoms with Crippen LogP contribution in [0, 0.1) is 5.82 Å². The van der Waals surface area contributed by atoms with Gasteiger partial charge in [0, 0.05) is 18.2 Å². The van der Waals surface area contributed by atoms with E-state index in [-0.39, 0.29) is 18.4 Å². The molecule has 1 aliphatic rings. The van der Waals surface area contributed by atoms with Crippen LogP contribution in [-0.2, 0) is 6.54 Å². The number of rotatable bonds is 1. The van der Waals surface area contributed by atoms with Crippen LogP contribution in [0.1, 0.15) is 18.3 Å². The van der Waals surface area contributed by atoms with Crippen LogP contribution < -0.4 is 5.73 Å². The predicted octanol–water partition coefficient (Wildman–Crippen LogP) is 2.43. The first kappa shape index (κ1) is 11.3. The van der Waals surface area contributed by atoms with E-state index in [0.717, 1.165) is 5.56 Å². The Morgan fingerprint density at radius 3 is 2.72 bits per heavy atom. The lowest BCUT2D eigenvalue weighted by atomic mass is 10.1. The number of nitrogens with two attached hydrogens (primary N) is 1. The molecule has 0 bridgehead atoms. The van der Waals surface area contributed by atoms with Gasteiger partial charge in [-0.25, -0.2) is 13.8 Å². The van der Waals surface area contributed by atoms with E-state index in [4.69, 9.17) is 5.73 Å². The first-order valence-corrected chi connectivity index (χ1v) is 5.86. The van der Waals surface area contributed by atoms with E-state index in [2.05, 4.69) is 4.98 Å². The summed E-state index contributed by atoms with van der Waals surface area (Å²) >= 11 is 0. The van der Waals surface area contributed by atoms with Gasteiger partial charge in [-0.3, -0.25) is 0 Å². The van der Waals surface area contributed by atoms with E-state index >= 15 is 0 Å². The Labute approximate surface area is 103 Å². The molecule has 0 saturated heterocycles. The molecule has 2 heterocycles. The highest BCUT2D eigenvalue weighted by atomic mass is 19.1. The molecule has 1 aromatic heterocycles. The number of hydrogen-bond acceptors (Lipinski definition) is 2. The highest BCUT2D eigenvalue weighted by Gasteiger charge is 2.26. The summed E-state index contributed by atoms with van der Waals surface area (Å²) in [6.07, 6.45) is 1.15. The lowest BCUT2D eigenvalue weighted by molar-refractivity contribution is 0.230. The van der Waals surface area contributed by atoms with Crippen molar-refractivity contribution in [3.05, 3.63) is 42.1 Å². The van der Waals surface area contributed by atoms with Crippen LogP contribution in [0.5, 0.6) is 0 Å². The largest absolute Gasteiger partial charge is 0.330 e. The van der Waals surface area contributed by atoms with Gasteiger partial charge < -0.3 is 10.3 Å². The number of fused-ring (bicyclic) bond motifs is 1. The smallest absolute Gasteiger partial charge is 0.126 e. The molecule has 2 unspecified atom stereocenters. The molecule has 18 heavy (non-hydrogen) atoms. The van der Waals surface area contributed by atoms with Gasteiger partial charge in [-0.1, -0.05) is 0 Å². The minimum atomic E-state index is -0.928. The Bertz CT molecular complexity index is 562. The molecule has 0 spiro atoms. The first-order valence-electron chi connectivity index (χ1n) is 5.86. The average Bonchev–Trinajstić information content (AvgIpc) is 2.74. The van der Waals surface area contributed by atoms with Gasteiger partial charge in [0.2, 0.25) is 0 Å². The number of imidazole rings is 1. The van der Waals surface area contributed by atoms with E-state index in [1.54, 1.807) is 22.9 Å². The van der Waals surface area contributed by atoms with Crippen LogP contribution >= 0.6 is 0 Å². The molecule has 0 saturated carbocycles. The van der Waals surface area contributed by atoms with Crippen molar-refractivity contribution in [3.63, 3.8) is 0 Å². The maximum Gasteiger partial charge on any atom is 0.126 e. The standard InChI is InChI=1S/C13H13F2N3/c14-9-3-1-8(2-4-9)12-7-18-6-10(15)5-11(16)13(18)17-12/h1-4,7,10-11H,5-6,16H2. The third-order valence-corrected chi connectivity index (χ3v) is 3.18. The third-order valence-electron chi connectivity index (χ3n) is 3.18. The quantitative estimate of drug-likeness (QED) is 0.843. The molecule has 0 fully saturated rings. The van der Waals surface area contributed by atoms with Crippen LogP contribution in [0.15, 0.2) is 30.5 Å². The maximum atomic E-state index is 13.4. The first-order chi connectivity index (χ1) is 8.63. The van der Waals surface area contributed by atoms with Gasteiger partial charge in [0.15, 0.2) is 0 Å². The Morgan fingerprint density at radius 2 is 2.00 bits per heavy atom. The number of nitrogens with zero attached hydrogens (tertiary/aromatic N) is 2. The van der Waals surface area contributed by atoms with Gasteiger partial charge in [0.25, 0.3) is 0 Å². The fraction of sp³-hybridized carbons (Fsp3) is 0.308. The van der Waals surface area contributed by atoms with E-state index in [1.165, 1.54) is 12.1 Å². The molecule has 5 heteroatoms. The number of halogens is 2. The molecular formula is C13H13F2N3. The summed E-state index contributed by atoms with van der Waals surface area (Å²) in [7, 11) is 0. The molecule has 0 aliphatic carbocycles. The average molecular weight is 249 g/mol. The zero-order valence-electron chi connectivity index (χ0n) is 9.68. The summed E-state index contributed by atoms with van der Waals surface area (Å²) in [6, 6.07) is 5.70. The van der Waals surface area contributed by atoms with Gasteiger partial charge in [-0.2, -0.15) is 0 Å². The third kappa shape index (κ3) is 1.90. The summed E-state index contributed by atoms with van der Waals surface area (Å²) in [5, 5.41) is 0. The highest BCUT2D eigenvalue weighted by Crippen LogP contribution is 2.28. The lowest BCUT2D eigenvalue weighted by Gasteiger charge is -2.22. The molecule has 0 radical (unpaired) electrons. The maximum absolute atomic E-state index is 13.4. The van der Waals surface area contributed by atoms with Crippen molar-refractivity contribution in [1.82, 2.24) is 9.55 Å². The Balaban J connectivity index is 2.00. The topological polar surface area (TPSA) is 43.8 Å². The summed E-state index contributed by atoms with van der Waals surface area (Å²) in [6.45, 7) is 0.289. The summed E-state index contributed by atoms with van der Waals surface area (Å²) in [5.41, 5.74) is 7.38. The normalized spacial score (nSPS) is 22.8. The van der Waals surface area contributed by atoms with E-state index < -0.39 is 6.17 Å². The second kappa shape index (κ2) is 4.17. The van der Waals surface area contributed by atoms with Gasteiger partial charge in [0.05, 0.1) is 18.3 Å². The molecule has 3 nitrogen and oxygen atoms in total.